The maximum absolute atomic E-state index is 15.6. The molecule has 2 aliphatic heterocycles. The Hall–Kier alpha value is -3.19. The van der Waals surface area contributed by atoms with Crippen molar-refractivity contribution < 1.29 is 17.9 Å². The third-order valence-corrected chi connectivity index (χ3v) is 5.38. The van der Waals surface area contributed by atoms with E-state index in [1.54, 1.807) is 36.4 Å². The van der Waals surface area contributed by atoms with E-state index in [2.05, 4.69) is 6.58 Å². The van der Waals surface area contributed by atoms with Gasteiger partial charge < -0.3 is 28.1 Å². The van der Waals surface area contributed by atoms with Crippen molar-refractivity contribution in [3.63, 3.8) is 0 Å². The number of aryl methyl sites for hydroxylation is 1. The summed E-state index contributed by atoms with van der Waals surface area (Å²) in [6.07, 6.45) is 10.6. The Bertz CT molecular complexity index is 1130. The second kappa shape index (κ2) is 7.92. The van der Waals surface area contributed by atoms with Gasteiger partial charge in [-0.2, -0.15) is 0 Å². The van der Waals surface area contributed by atoms with Crippen LogP contribution in [0.4, 0.5) is 8.63 Å². The van der Waals surface area contributed by atoms with Crippen LogP contribution < -0.4 is 10.5 Å². The van der Waals surface area contributed by atoms with Crippen molar-refractivity contribution >= 4 is 30.9 Å². The van der Waals surface area contributed by atoms with E-state index >= 15 is 8.63 Å². The van der Waals surface area contributed by atoms with Gasteiger partial charge in [0.05, 0.1) is 0 Å². The molecule has 1 aromatic heterocycles. The number of fused-ring (bicyclic) bond motifs is 2. The van der Waals surface area contributed by atoms with Crippen LogP contribution in [0.3, 0.4) is 0 Å². The first-order valence-electron chi connectivity index (χ1n) is 9.97. The molecule has 0 saturated heterocycles. The van der Waals surface area contributed by atoms with E-state index in [0.29, 0.717) is 42.4 Å². The molecule has 0 saturated carbocycles. The summed E-state index contributed by atoms with van der Waals surface area (Å²) in [6.45, 7) is 2.28. The molecule has 3 heterocycles. The monoisotopic (exact) mass is 407 g/mol. The number of benzene rings is 1. The second-order valence-corrected chi connectivity index (χ2v) is 7.35. The van der Waals surface area contributed by atoms with Gasteiger partial charge in [0.2, 0.25) is 0 Å². The van der Waals surface area contributed by atoms with E-state index in [1.165, 1.54) is 6.21 Å². The van der Waals surface area contributed by atoms with Gasteiger partial charge in [-0.05, 0) is 49.7 Å². The van der Waals surface area contributed by atoms with Gasteiger partial charge >= 0.3 is 6.97 Å². The zero-order chi connectivity index (χ0) is 21.3. The van der Waals surface area contributed by atoms with E-state index in [0.717, 1.165) is 25.7 Å². The van der Waals surface area contributed by atoms with Crippen LogP contribution in [0.1, 0.15) is 28.9 Å². The smallest absolute Gasteiger partial charge is 0.489 e. The van der Waals surface area contributed by atoms with Gasteiger partial charge in [-0.3, -0.25) is 0 Å². The highest BCUT2D eigenvalue weighted by Crippen LogP contribution is 2.40. The molecule has 0 amide bonds. The van der Waals surface area contributed by atoms with Gasteiger partial charge in [0, 0.05) is 34.7 Å². The fourth-order valence-electron chi connectivity index (χ4n) is 4.16. The van der Waals surface area contributed by atoms with Crippen LogP contribution in [-0.4, -0.2) is 35.3 Å². The highest BCUT2D eigenvalue weighted by Gasteiger charge is 2.52. The molecule has 2 aromatic rings. The molecule has 4 rings (SSSR count). The SMILES string of the molecule is C=CCOc1ccccc1/C=C/c1cc(C)c2n1[B-](F)(F)[N+]1=CC=CC1=C2CCN. The van der Waals surface area contributed by atoms with E-state index in [-0.39, 0.29) is 0 Å². The van der Waals surface area contributed by atoms with Crippen molar-refractivity contribution in [1.82, 2.24) is 4.48 Å². The van der Waals surface area contributed by atoms with Crippen molar-refractivity contribution in [2.45, 2.75) is 13.3 Å². The lowest BCUT2D eigenvalue weighted by molar-refractivity contribution is -0.356. The number of nitrogens with two attached hydrogens (primary N) is 1. The van der Waals surface area contributed by atoms with E-state index < -0.39 is 6.97 Å². The standard InChI is InChI=1S/C23H24BF2N3O/c1-3-15-30-22-9-5-4-7-18(22)10-11-19-16-17(2)23-20(12-13-27)21-8-6-14-28(21)24(25,26)29(19)23/h3-11,14,16H,1,12-13,15,27H2,2H3/b11-10+. The number of rotatable bonds is 7. The Morgan fingerprint density at radius 1 is 1.27 bits per heavy atom. The number of ether oxygens (including phenoxy) is 1. The highest BCUT2D eigenvalue weighted by atomic mass is 19.2. The molecule has 30 heavy (non-hydrogen) atoms. The summed E-state index contributed by atoms with van der Waals surface area (Å²) in [4.78, 5) is 0. The van der Waals surface area contributed by atoms with Crippen molar-refractivity contribution in [2.75, 3.05) is 13.2 Å². The summed E-state index contributed by atoms with van der Waals surface area (Å²) in [6, 6.07) is 9.30. The predicted octanol–water partition coefficient (Wildman–Crippen LogP) is 4.48. The minimum atomic E-state index is -4.01. The minimum absolute atomic E-state index is 0.374. The Kier molecular flexibility index (Phi) is 5.30. The maximum Gasteiger partial charge on any atom is 0.737 e. The molecule has 2 N–H and O–H groups in total. The minimum Gasteiger partial charge on any atom is -0.489 e. The number of allylic oxidation sites excluding steroid dienone is 2. The number of hydrogen-bond donors (Lipinski definition) is 1. The summed E-state index contributed by atoms with van der Waals surface area (Å²) in [5.74, 6) is 0.677. The van der Waals surface area contributed by atoms with Gasteiger partial charge in [0.15, 0.2) is 5.70 Å². The van der Waals surface area contributed by atoms with Crippen LogP contribution in [-0.2, 0) is 0 Å². The van der Waals surface area contributed by atoms with Crippen molar-refractivity contribution in [1.29, 1.82) is 0 Å². The van der Waals surface area contributed by atoms with Crippen LogP contribution in [0.15, 0.2) is 60.8 Å². The topological polar surface area (TPSA) is 43.2 Å². The number of halogens is 2. The quantitative estimate of drug-likeness (QED) is 0.543. The van der Waals surface area contributed by atoms with Crippen LogP contribution >= 0.6 is 0 Å². The Morgan fingerprint density at radius 2 is 2.07 bits per heavy atom. The van der Waals surface area contributed by atoms with E-state index in [4.69, 9.17) is 10.5 Å². The molecule has 0 spiro atoms. The molecule has 154 valence electrons. The molecule has 0 aliphatic carbocycles. The average Bonchev–Trinajstić information content (AvgIpc) is 3.35. The number of hydrogen-bond acceptors (Lipinski definition) is 2. The summed E-state index contributed by atoms with van der Waals surface area (Å²) in [5, 5.41) is 0. The van der Waals surface area contributed by atoms with Gasteiger partial charge in [-0.15, -0.1) is 0 Å². The Balaban J connectivity index is 1.82. The lowest BCUT2D eigenvalue weighted by atomic mass is 9.86. The molecule has 0 unspecified atom stereocenters. The lowest BCUT2D eigenvalue weighted by Crippen LogP contribution is -2.50. The van der Waals surface area contributed by atoms with Crippen molar-refractivity contribution in [2.24, 2.45) is 5.73 Å². The van der Waals surface area contributed by atoms with Crippen LogP contribution in [0.5, 0.6) is 5.75 Å². The molecule has 1 aromatic carbocycles. The number of para-hydroxylation sites is 1. The third-order valence-electron chi connectivity index (χ3n) is 5.38. The summed E-state index contributed by atoms with van der Waals surface area (Å²) < 4.78 is 39.0. The fourth-order valence-corrected chi connectivity index (χ4v) is 4.16. The lowest BCUT2D eigenvalue weighted by Gasteiger charge is -2.32. The fraction of sp³-hybridized carbons (Fsp3) is 0.174. The molecule has 2 aliphatic rings. The molecule has 4 nitrogen and oxygen atoms in total. The zero-order valence-corrected chi connectivity index (χ0v) is 16.9. The zero-order valence-electron chi connectivity index (χ0n) is 16.9. The highest BCUT2D eigenvalue weighted by molar-refractivity contribution is 6.58. The maximum atomic E-state index is 15.6. The molecular formula is C23H24BF2N3O. The first kappa shape index (κ1) is 20.1. The Morgan fingerprint density at radius 3 is 2.83 bits per heavy atom. The third kappa shape index (κ3) is 3.25. The molecular weight excluding hydrogens is 383 g/mol. The summed E-state index contributed by atoms with van der Waals surface area (Å²) in [7, 11) is 0. The van der Waals surface area contributed by atoms with Gasteiger partial charge in [-0.25, -0.2) is 0 Å². The molecule has 0 fully saturated rings. The van der Waals surface area contributed by atoms with Crippen LogP contribution in [0.25, 0.3) is 17.7 Å². The van der Waals surface area contributed by atoms with E-state index in [9.17, 15) is 0 Å². The average molecular weight is 407 g/mol. The van der Waals surface area contributed by atoms with Crippen molar-refractivity contribution in [3.05, 3.63) is 83.4 Å². The normalized spacial score (nSPS) is 16.6. The molecule has 0 radical (unpaired) electrons. The summed E-state index contributed by atoms with van der Waals surface area (Å²) >= 11 is 0. The molecule has 7 heteroatoms. The van der Waals surface area contributed by atoms with Gasteiger partial charge in [0.25, 0.3) is 0 Å². The predicted molar refractivity (Wildman–Crippen MR) is 120 cm³/mol. The van der Waals surface area contributed by atoms with Crippen molar-refractivity contribution in [3.8, 4) is 5.75 Å². The van der Waals surface area contributed by atoms with Crippen LogP contribution in [0.2, 0.25) is 0 Å². The second-order valence-electron chi connectivity index (χ2n) is 7.35. The largest absolute Gasteiger partial charge is 0.737 e. The van der Waals surface area contributed by atoms with Crippen LogP contribution in [0, 0.1) is 6.92 Å². The molecule has 0 atom stereocenters. The Labute approximate surface area is 175 Å². The summed E-state index contributed by atoms with van der Waals surface area (Å²) in [5.41, 5.74) is 9.82. The number of aromatic nitrogens is 1. The van der Waals surface area contributed by atoms with Gasteiger partial charge in [0.1, 0.15) is 18.6 Å². The number of nitrogens with zero attached hydrogens (tertiary/aromatic N) is 2. The van der Waals surface area contributed by atoms with Gasteiger partial charge in [-0.1, -0.05) is 30.9 Å². The first-order valence-corrected chi connectivity index (χ1v) is 9.97. The molecule has 0 bridgehead atoms. The first-order chi connectivity index (χ1) is 14.5. The van der Waals surface area contributed by atoms with E-state index in [1.807, 2.05) is 31.2 Å².